The zero-order chi connectivity index (χ0) is 19.9. The normalized spacial score (nSPS) is 23.3. The summed E-state index contributed by atoms with van der Waals surface area (Å²) in [4.78, 5) is 52.8. The van der Waals surface area contributed by atoms with Crippen molar-refractivity contribution in [3.8, 4) is 0 Å². The lowest BCUT2D eigenvalue weighted by molar-refractivity contribution is -0.126. The Bertz CT molecular complexity index is 850. The molecule has 8 nitrogen and oxygen atoms in total. The van der Waals surface area contributed by atoms with Crippen molar-refractivity contribution in [1.29, 1.82) is 0 Å². The first-order chi connectivity index (χ1) is 13.4. The number of para-hydroxylation sites is 1. The summed E-state index contributed by atoms with van der Waals surface area (Å²) >= 11 is 0. The summed E-state index contributed by atoms with van der Waals surface area (Å²) in [5.41, 5.74) is 0.334. The van der Waals surface area contributed by atoms with Gasteiger partial charge in [0.05, 0.1) is 17.8 Å². The first kappa shape index (κ1) is 18.5. The van der Waals surface area contributed by atoms with E-state index in [4.69, 9.17) is 0 Å². The Morgan fingerprint density at radius 3 is 2.68 bits per heavy atom. The van der Waals surface area contributed by atoms with Crippen molar-refractivity contribution in [3.63, 3.8) is 0 Å². The Morgan fingerprint density at radius 2 is 1.93 bits per heavy atom. The van der Waals surface area contributed by atoms with Gasteiger partial charge in [-0.25, -0.2) is 0 Å². The molecule has 1 aromatic carbocycles. The molecule has 0 spiro atoms. The van der Waals surface area contributed by atoms with E-state index in [1.165, 1.54) is 0 Å². The molecule has 4 rings (SSSR count). The lowest BCUT2D eigenvalue weighted by atomic mass is 9.98. The van der Waals surface area contributed by atoms with Crippen molar-refractivity contribution in [3.05, 3.63) is 29.8 Å². The van der Waals surface area contributed by atoms with E-state index in [1.807, 2.05) is 13.0 Å². The van der Waals surface area contributed by atoms with Gasteiger partial charge in [0.2, 0.25) is 17.7 Å². The van der Waals surface area contributed by atoms with Gasteiger partial charge >= 0.3 is 0 Å². The van der Waals surface area contributed by atoms with Crippen LogP contribution in [0.3, 0.4) is 0 Å². The zero-order valence-electron chi connectivity index (χ0n) is 15.9. The van der Waals surface area contributed by atoms with Gasteiger partial charge in [-0.1, -0.05) is 12.1 Å². The van der Waals surface area contributed by atoms with Crippen molar-refractivity contribution < 1.29 is 19.2 Å². The summed E-state index contributed by atoms with van der Waals surface area (Å²) in [6.07, 6.45) is 2.94. The maximum atomic E-state index is 13.1. The molecule has 3 aliphatic rings. The molecule has 1 unspecified atom stereocenters. The lowest BCUT2D eigenvalue weighted by Gasteiger charge is -2.48. The summed E-state index contributed by atoms with van der Waals surface area (Å²) in [5, 5.41) is 5.41. The Balaban J connectivity index is 1.43. The van der Waals surface area contributed by atoms with Crippen LogP contribution in [0.25, 0.3) is 0 Å². The molecule has 2 N–H and O–H groups in total. The molecule has 0 aromatic heterocycles. The fourth-order valence-electron chi connectivity index (χ4n) is 4.03. The van der Waals surface area contributed by atoms with E-state index < -0.39 is 5.66 Å². The number of hydrogen-bond donors (Lipinski definition) is 2. The van der Waals surface area contributed by atoms with Gasteiger partial charge in [-0.05, 0) is 38.3 Å². The summed E-state index contributed by atoms with van der Waals surface area (Å²) in [5.74, 6) is -0.688. The highest BCUT2D eigenvalue weighted by Gasteiger charge is 2.52. The number of benzene rings is 1. The summed E-state index contributed by atoms with van der Waals surface area (Å²) < 4.78 is 0. The molecule has 0 radical (unpaired) electrons. The van der Waals surface area contributed by atoms with Crippen LogP contribution in [0.15, 0.2) is 24.3 Å². The quantitative estimate of drug-likeness (QED) is 0.757. The highest BCUT2D eigenvalue weighted by Crippen LogP contribution is 2.43. The molecule has 2 fully saturated rings. The van der Waals surface area contributed by atoms with Crippen LogP contribution in [0.5, 0.6) is 0 Å². The van der Waals surface area contributed by atoms with Gasteiger partial charge < -0.3 is 15.5 Å². The van der Waals surface area contributed by atoms with Gasteiger partial charge in [0.1, 0.15) is 5.66 Å². The second-order valence-electron chi connectivity index (χ2n) is 7.79. The maximum absolute atomic E-state index is 13.1. The minimum Gasteiger partial charge on any atom is -0.352 e. The van der Waals surface area contributed by atoms with Crippen molar-refractivity contribution in [2.24, 2.45) is 0 Å². The van der Waals surface area contributed by atoms with Crippen molar-refractivity contribution in [2.45, 2.75) is 50.7 Å². The van der Waals surface area contributed by atoms with E-state index in [1.54, 1.807) is 28.0 Å². The molecular weight excluding hydrogens is 360 g/mol. The van der Waals surface area contributed by atoms with Gasteiger partial charge in [0.15, 0.2) is 0 Å². The maximum Gasteiger partial charge on any atom is 0.257 e. The number of hydrogen-bond acceptors (Lipinski definition) is 4. The van der Waals surface area contributed by atoms with Crippen LogP contribution in [0.2, 0.25) is 0 Å². The molecule has 2 aliphatic heterocycles. The third-order valence-electron chi connectivity index (χ3n) is 5.70. The molecule has 1 atom stereocenters. The van der Waals surface area contributed by atoms with Crippen molar-refractivity contribution in [1.82, 2.24) is 15.5 Å². The fourth-order valence-corrected chi connectivity index (χ4v) is 4.03. The van der Waals surface area contributed by atoms with E-state index in [2.05, 4.69) is 10.6 Å². The third-order valence-corrected chi connectivity index (χ3v) is 5.70. The minimum atomic E-state index is -0.772. The number of fused-ring (bicyclic) bond motifs is 3. The molecule has 8 heteroatoms. The molecule has 1 aromatic rings. The molecule has 1 saturated heterocycles. The second-order valence-corrected chi connectivity index (χ2v) is 7.79. The monoisotopic (exact) mass is 384 g/mol. The summed E-state index contributed by atoms with van der Waals surface area (Å²) in [6, 6.07) is 7.33. The van der Waals surface area contributed by atoms with Gasteiger partial charge in [-0.2, -0.15) is 0 Å². The van der Waals surface area contributed by atoms with Crippen molar-refractivity contribution >= 4 is 29.3 Å². The highest BCUT2D eigenvalue weighted by atomic mass is 16.2. The first-order valence-corrected chi connectivity index (χ1v) is 9.70. The second kappa shape index (κ2) is 6.92. The van der Waals surface area contributed by atoms with E-state index >= 15 is 0 Å². The van der Waals surface area contributed by atoms with Crippen LogP contribution in [0, 0.1) is 0 Å². The number of rotatable bonds is 6. The average Bonchev–Trinajstić information content (AvgIpc) is 3.43. The van der Waals surface area contributed by atoms with E-state index in [-0.39, 0.29) is 49.2 Å². The average molecular weight is 384 g/mol. The Hall–Kier alpha value is -2.90. The molecule has 0 bridgehead atoms. The molecule has 28 heavy (non-hydrogen) atoms. The SMILES string of the molecule is CC12CCC(=O)N1c1ccccc1C(=O)N2CCC(=O)NCC(=O)NC1CC1. The van der Waals surface area contributed by atoms with Gasteiger partial charge in [0.25, 0.3) is 5.91 Å². The molecule has 4 amide bonds. The fraction of sp³-hybridized carbons (Fsp3) is 0.500. The van der Waals surface area contributed by atoms with Crippen LogP contribution in [-0.2, 0) is 14.4 Å². The van der Waals surface area contributed by atoms with Crippen LogP contribution < -0.4 is 15.5 Å². The molecule has 2 heterocycles. The first-order valence-electron chi connectivity index (χ1n) is 9.70. The number of nitrogens with zero attached hydrogens (tertiary/aromatic N) is 2. The summed E-state index contributed by atoms with van der Waals surface area (Å²) in [7, 11) is 0. The number of carbonyl (C=O) groups excluding carboxylic acids is 4. The standard InChI is InChI=1S/C20H24N4O4/c1-20-10-8-18(27)24(20)15-5-3-2-4-14(15)19(28)23(20)11-9-16(25)21-12-17(26)22-13-6-7-13/h2-5,13H,6-12H2,1H3,(H,21,25)(H,22,26). The minimum absolute atomic E-state index is 0.0198. The number of anilines is 1. The molecule has 1 saturated carbocycles. The van der Waals surface area contributed by atoms with Crippen LogP contribution in [0.4, 0.5) is 5.69 Å². The van der Waals surface area contributed by atoms with Crippen LogP contribution >= 0.6 is 0 Å². The Labute approximate surface area is 163 Å². The highest BCUT2D eigenvalue weighted by molar-refractivity contribution is 6.10. The predicted octanol–water partition coefficient (Wildman–Crippen LogP) is 0.770. The largest absolute Gasteiger partial charge is 0.352 e. The third kappa shape index (κ3) is 3.23. The summed E-state index contributed by atoms with van der Waals surface area (Å²) in [6.45, 7) is 1.99. The lowest BCUT2D eigenvalue weighted by Crippen LogP contribution is -2.62. The van der Waals surface area contributed by atoms with Crippen LogP contribution in [0.1, 0.15) is 49.4 Å². The zero-order valence-corrected chi connectivity index (χ0v) is 15.9. The number of amides is 4. The smallest absolute Gasteiger partial charge is 0.257 e. The van der Waals surface area contributed by atoms with E-state index in [9.17, 15) is 19.2 Å². The Kier molecular flexibility index (Phi) is 4.56. The predicted molar refractivity (Wildman–Crippen MR) is 101 cm³/mol. The molecular formula is C20H24N4O4. The number of carbonyl (C=O) groups is 4. The topological polar surface area (TPSA) is 98.8 Å². The number of nitrogens with one attached hydrogen (secondary N) is 2. The molecule has 148 valence electrons. The van der Waals surface area contributed by atoms with Gasteiger partial charge in [-0.3, -0.25) is 24.1 Å². The molecule has 1 aliphatic carbocycles. The van der Waals surface area contributed by atoms with E-state index in [0.717, 1.165) is 12.8 Å². The van der Waals surface area contributed by atoms with Crippen LogP contribution in [-0.4, -0.2) is 53.3 Å². The van der Waals surface area contributed by atoms with Gasteiger partial charge in [-0.15, -0.1) is 0 Å². The Morgan fingerprint density at radius 1 is 1.18 bits per heavy atom. The van der Waals surface area contributed by atoms with Gasteiger partial charge in [0, 0.05) is 25.4 Å². The van der Waals surface area contributed by atoms with E-state index in [0.29, 0.717) is 24.1 Å². The van der Waals surface area contributed by atoms with Crippen molar-refractivity contribution in [2.75, 3.05) is 18.0 Å².